The number of hydrogen-bond donors (Lipinski definition) is 1. The van der Waals surface area contributed by atoms with Gasteiger partial charge >= 0.3 is 0 Å². The predicted molar refractivity (Wildman–Crippen MR) is 86.1 cm³/mol. The van der Waals surface area contributed by atoms with Crippen LogP contribution >= 0.6 is 11.6 Å². The number of aromatic nitrogens is 2. The third kappa shape index (κ3) is 4.21. The van der Waals surface area contributed by atoms with Crippen LogP contribution in [0.25, 0.3) is 0 Å². The van der Waals surface area contributed by atoms with Crippen molar-refractivity contribution in [2.24, 2.45) is 11.1 Å². The van der Waals surface area contributed by atoms with Gasteiger partial charge in [-0.15, -0.1) is 0 Å². The van der Waals surface area contributed by atoms with Gasteiger partial charge in [0.15, 0.2) is 0 Å². The fourth-order valence-corrected chi connectivity index (χ4v) is 2.66. The van der Waals surface area contributed by atoms with Crippen LogP contribution in [0.15, 0.2) is 0 Å². The van der Waals surface area contributed by atoms with Gasteiger partial charge < -0.3 is 5.73 Å². The minimum absolute atomic E-state index is 0.118. The predicted octanol–water partition coefficient (Wildman–Crippen LogP) is 2.93. The average Bonchev–Trinajstić information content (AvgIpc) is 2.74. The molecular weight excluding hydrogens is 272 g/mol. The van der Waals surface area contributed by atoms with E-state index < -0.39 is 0 Å². The monoisotopic (exact) mass is 300 g/mol. The Hall–Kier alpha value is -0.580. The summed E-state index contributed by atoms with van der Waals surface area (Å²) in [4.78, 5) is 2.39. The molecule has 2 N–H and O–H groups in total. The molecule has 116 valence electrons. The van der Waals surface area contributed by atoms with Crippen molar-refractivity contribution in [3.63, 3.8) is 0 Å². The van der Waals surface area contributed by atoms with Gasteiger partial charge in [-0.1, -0.05) is 39.3 Å². The van der Waals surface area contributed by atoms with Crippen molar-refractivity contribution in [2.45, 2.75) is 54.1 Å². The first kappa shape index (κ1) is 17.5. The molecule has 1 heterocycles. The lowest BCUT2D eigenvalue weighted by Gasteiger charge is -2.31. The van der Waals surface area contributed by atoms with E-state index in [0.29, 0.717) is 6.54 Å². The van der Waals surface area contributed by atoms with Gasteiger partial charge in [-0.05, 0) is 31.8 Å². The third-order valence-corrected chi connectivity index (χ3v) is 4.16. The summed E-state index contributed by atoms with van der Waals surface area (Å²) in [6.07, 6.45) is 0.874. The highest BCUT2D eigenvalue weighted by atomic mass is 35.5. The van der Waals surface area contributed by atoms with Crippen LogP contribution in [0.5, 0.6) is 0 Å². The molecule has 1 aromatic heterocycles. The average molecular weight is 301 g/mol. The van der Waals surface area contributed by atoms with Crippen LogP contribution in [-0.4, -0.2) is 34.3 Å². The molecule has 1 rings (SSSR count). The molecule has 0 bridgehead atoms. The topological polar surface area (TPSA) is 47.1 Å². The molecule has 1 aromatic rings. The molecule has 0 radical (unpaired) electrons. The van der Waals surface area contributed by atoms with E-state index in [-0.39, 0.29) is 5.41 Å². The van der Waals surface area contributed by atoms with E-state index in [2.05, 4.69) is 44.6 Å². The van der Waals surface area contributed by atoms with Crippen molar-refractivity contribution < 1.29 is 0 Å². The highest BCUT2D eigenvalue weighted by Gasteiger charge is 2.22. The molecule has 20 heavy (non-hydrogen) atoms. The van der Waals surface area contributed by atoms with Gasteiger partial charge in [-0.25, -0.2) is 0 Å². The highest BCUT2D eigenvalue weighted by molar-refractivity contribution is 6.31. The lowest BCUT2D eigenvalue weighted by molar-refractivity contribution is 0.179. The lowest BCUT2D eigenvalue weighted by Crippen LogP contribution is -2.38. The van der Waals surface area contributed by atoms with E-state index in [1.807, 2.05) is 4.68 Å². The maximum atomic E-state index is 6.48. The standard InChI is InChI=1S/C15H29ClN4/c1-6-12-14(16)13(20(8-3)18-12)9-19(7-2)11-15(4,5)10-17/h6-11,17H2,1-5H3. The van der Waals surface area contributed by atoms with Crippen LogP contribution in [0.4, 0.5) is 0 Å². The molecule has 0 saturated carbocycles. The summed E-state index contributed by atoms with van der Waals surface area (Å²) in [6, 6.07) is 0. The van der Waals surface area contributed by atoms with E-state index in [9.17, 15) is 0 Å². The summed E-state index contributed by atoms with van der Waals surface area (Å²) < 4.78 is 2.03. The normalized spacial score (nSPS) is 12.4. The van der Waals surface area contributed by atoms with Crippen molar-refractivity contribution in [2.75, 3.05) is 19.6 Å². The maximum absolute atomic E-state index is 6.48. The molecule has 0 spiro atoms. The van der Waals surface area contributed by atoms with E-state index >= 15 is 0 Å². The molecule has 0 aliphatic rings. The van der Waals surface area contributed by atoms with Gasteiger partial charge in [0.05, 0.1) is 16.4 Å². The Bertz CT molecular complexity index is 426. The molecule has 0 amide bonds. The summed E-state index contributed by atoms with van der Waals surface area (Å²) >= 11 is 6.48. The zero-order valence-corrected chi connectivity index (χ0v) is 14.3. The van der Waals surface area contributed by atoms with E-state index in [1.165, 1.54) is 0 Å². The van der Waals surface area contributed by atoms with Crippen LogP contribution in [0.1, 0.15) is 46.0 Å². The Morgan fingerprint density at radius 1 is 1.30 bits per heavy atom. The SMILES string of the molecule is CCc1nn(CC)c(CN(CC)CC(C)(C)CN)c1Cl. The van der Waals surface area contributed by atoms with E-state index in [1.54, 1.807) is 0 Å². The van der Waals surface area contributed by atoms with Gasteiger partial charge in [0.1, 0.15) is 0 Å². The summed E-state index contributed by atoms with van der Waals surface area (Å²) in [5.74, 6) is 0. The second kappa shape index (κ2) is 7.43. The van der Waals surface area contributed by atoms with Crippen LogP contribution in [0.2, 0.25) is 5.02 Å². The molecule has 4 nitrogen and oxygen atoms in total. The first-order valence-corrected chi connectivity index (χ1v) is 7.92. The van der Waals surface area contributed by atoms with Crippen molar-refractivity contribution in [3.05, 3.63) is 16.4 Å². The van der Waals surface area contributed by atoms with Gasteiger partial charge in [0.25, 0.3) is 0 Å². The molecule has 0 aromatic carbocycles. The van der Waals surface area contributed by atoms with Gasteiger partial charge in [-0.3, -0.25) is 9.58 Å². The summed E-state index contributed by atoms with van der Waals surface area (Å²) in [6.45, 7) is 15.1. The Kier molecular flexibility index (Phi) is 6.49. The number of halogens is 1. The smallest absolute Gasteiger partial charge is 0.0863 e. The third-order valence-electron chi connectivity index (χ3n) is 3.72. The largest absolute Gasteiger partial charge is 0.330 e. The van der Waals surface area contributed by atoms with Crippen molar-refractivity contribution in [1.29, 1.82) is 0 Å². The molecule has 0 atom stereocenters. The highest BCUT2D eigenvalue weighted by Crippen LogP contribution is 2.24. The fourth-order valence-electron chi connectivity index (χ4n) is 2.33. The van der Waals surface area contributed by atoms with Crippen molar-refractivity contribution >= 4 is 11.6 Å². The van der Waals surface area contributed by atoms with Crippen LogP contribution in [-0.2, 0) is 19.5 Å². The zero-order valence-electron chi connectivity index (χ0n) is 13.5. The number of aryl methyl sites for hydroxylation is 2. The van der Waals surface area contributed by atoms with Crippen LogP contribution < -0.4 is 5.73 Å². The molecular formula is C15H29ClN4. The minimum atomic E-state index is 0.118. The lowest BCUT2D eigenvalue weighted by atomic mass is 9.93. The Morgan fingerprint density at radius 2 is 1.95 bits per heavy atom. The molecule has 0 saturated heterocycles. The van der Waals surface area contributed by atoms with Crippen molar-refractivity contribution in [3.8, 4) is 0 Å². The molecule has 0 aliphatic carbocycles. The molecule has 0 aliphatic heterocycles. The second-order valence-corrected chi connectivity index (χ2v) is 6.43. The van der Waals surface area contributed by atoms with E-state index in [4.69, 9.17) is 17.3 Å². The number of rotatable bonds is 8. The summed E-state index contributed by atoms with van der Waals surface area (Å²) in [5.41, 5.74) is 8.09. The number of nitrogens with zero attached hydrogens (tertiary/aromatic N) is 3. The van der Waals surface area contributed by atoms with Gasteiger partial charge in [-0.2, -0.15) is 5.10 Å². The molecule has 5 heteroatoms. The fraction of sp³-hybridized carbons (Fsp3) is 0.800. The molecule has 0 fully saturated rings. The molecule has 0 unspecified atom stereocenters. The Labute approximate surface area is 128 Å². The summed E-state index contributed by atoms with van der Waals surface area (Å²) in [7, 11) is 0. The summed E-state index contributed by atoms with van der Waals surface area (Å²) in [5, 5.41) is 5.42. The Balaban J connectivity index is 2.92. The quantitative estimate of drug-likeness (QED) is 0.803. The van der Waals surface area contributed by atoms with Gasteiger partial charge in [0.2, 0.25) is 0 Å². The zero-order chi connectivity index (χ0) is 15.3. The number of nitrogens with two attached hydrogens (primary N) is 1. The van der Waals surface area contributed by atoms with Crippen LogP contribution in [0.3, 0.4) is 0 Å². The minimum Gasteiger partial charge on any atom is -0.330 e. The van der Waals surface area contributed by atoms with Gasteiger partial charge in [0, 0.05) is 19.6 Å². The van der Waals surface area contributed by atoms with Crippen molar-refractivity contribution in [1.82, 2.24) is 14.7 Å². The van der Waals surface area contributed by atoms with Crippen LogP contribution in [0, 0.1) is 5.41 Å². The first-order valence-electron chi connectivity index (χ1n) is 7.54. The second-order valence-electron chi connectivity index (χ2n) is 6.05. The number of hydrogen-bond acceptors (Lipinski definition) is 3. The van der Waals surface area contributed by atoms with E-state index in [0.717, 1.165) is 49.0 Å². The maximum Gasteiger partial charge on any atom is 0.0863 e. The Morgan fingerprint density at radius 3 is 2.40 bits per heavy atom. The first-order chi connectivity index (χ1) is 9.38.